The Morgan fingerprint density at radius 1 is 0.852 bits per heavy atom. The predicted octanol–water partition coefficient (Wildman–Crippen LogP) is 3.86. The first kappa shape index (κ1) is 20.9. The highest BCUT2D eigenvalue weighted by molar-refractivity contribution is 6.02. The molecule has 0 bridgehead atoms. The van der Waals surface area contributed by atoms with E-state index in [0.29, 0.717) is 43.2 Å². The van der Waals surface area contributed by atoms with Gasteiger partial charge in [-0.15, -0.1) is 0 Å². The van der Waals surface area contributed by atoms with Crippen molar-refractivity contribution in [1.82, 2.24) is 19.2 Å². The minimum absolute atomic E-state index is 0.0982. The molecule has 6 nitrogen and oxygen atoms in total. The zero-order chi connectivity index (χ0) is 19.8. The minimum atomic E-state index is -0.114. The molecule has 0 aliphatic heterocycles. The fourth-order valence-electron chi connectivity index (χ4n) is 3.35. The Balaban J connectivity index is 2.48. The van der Waals surface area contributed by atoms with Gasteiger partial charge in [0.2, 0.25) is 5.82 Å². The molecule has 2 aromatic heterocycles. The van der Waals surface area contributed by atoms with Crippen molar-refractivity contribution in [3.8, 4) is 0 Å². The molecular weight excluding hydrogens is 340 g/mol. The summed E-state index contributed by atoms with van der Waals surface area (Å²) in [6, 6.07) is 5.60. The van der Waals surface area contributed by atoms with Crippen LogP contribution in [0.25, 0.3) is 5.52 Å². The monoisotopic (exact) mass is 372 g/mol. The predicted molar refractivity (Wildman–Crippen MR) is 108 cm³/mol. The maximum atomic E-state index is 13.1. The third-order valence-corrected chi connectivity index (χ3v) is 4.49. The normalized spacial score (nSPS) is 11.0. The molecule has 0 N–H and O–H groups in total. The molecule has 0 aliphatic carbocycles. The van der Waals surface area contributed by atoms with E-state index in [-0.39, 0.29) is 11.8 Å². The number of hydrogen-bond donors (Lipinski definition) is 0. The topological polar surface area (TPSA) is 57.9 Å². The van der Waals surface area contributed by atoms with Gasteiger partial charge < -0.3 is 9.80 Å². The summed E-state index contributed by atoms with van der Waals surface area (Å²) >= 11 is 0. The van der Waals surface area contributed by atoms with Crippen LogP contribution in [0.4, 0.5) is 0 Å². The summed E-state index contributed by atoms with van der Waals surface area (Å²) in [4.78, 5) is 34.4. The van der Waals surface area contributed by atoms with Crippen molar-refractivity contribution >= 4 is 17.3 Å². The van der Waals surface area contributed by atoms with Gasteiger partial charge in [0, 0.05) is 32.4 Å². The lowest BCUT2D eigenvalue weighted by Crippen LogP contribution is -2.34. The zero-order valence-electron chi connectivity index (χ0n) is 17.1. The van der Waals surface area contributed by atoms with Gasteiger partial charge in [-0.1, -0.05) is 33.8 Å². The lowest BCUT2D eigenvalue weighted by atomic mass is 10.2. The Morgan fingerprint density at radius 3 is 1.89 bits per heavy atom. The zero-order valence-corrected chi connectivity index (χ0v) is 17.1. The number of hydrogen-bond acceptors (Lipinski definition) is 3. The van der Waals surface area contributed by atoms with Gasteiger partial charge in [0.1, 0.15) is 0 Å². The standard InChI is InChI=1S/C21H32N4O2/c1-5-12-23(13-6-2)20(26)18-17-11-9-10-16-25(17)19(22-18)21(27)24(14-7-3)15-8-4/h9-11,16H,5-8,12-15H2,1-4H3. The van der Waals surface area contributed by atoms with E-state index in [9.17, 15) is 9.59 Å². The molecule has 0 saturated heterocycles. The summed E-state index contributed by atoms with van der Waals surface area (Å²) in [6.07, 6.45) is 5.38. The van der Waals surface area contributed by atoms with Crippen molar-refractivity contribution in [2.24, 2.45) is 0 Å². The number of amides is 2. The van der Waals surface area contributed by atoms with E-state index in [4.69, 9.17) is 0 Å². The summed E-state index contributed by atoms with van der Waals surface area (Å²) in [6.45, 7) is 11.0. The van der Waals surface area contributed by atoms with Gasteiger partial charge >= 0.3 is 0 Å². The fraction of sp³-hybridized carbons (Fsp3) is 0.571. The number of fused-ring (bicyclic) bond motifs is 1. The second-order valence-corrected chi connectivity index (χ2v) is 6.82. The molecule has 0 atom stereocenters. The number of nitrogens with zero attached hydrogens (tertiary/aromatic N) is 4. The van der Waals surface area contributed by atoms with Crippen molar-refractivity contribution in [1.29, 1.82) is 0 Å². The fourth-order valence-corrected chi connectivity index (χ4v) is 3.35. The average Bonchev–Trinajstić information content (AvgIpc) is 3.06. The Morgan fingerprint density at radius 2 is 1.37 bits per heavy atom. The summed E-state index contributed by atoms with van der Waals surface area (Å²) in [5.41, 5.74) is 1.06. The summed E-state index contributed by atoms with van der Waals surface area (Å²) < 4.78 is 1.75. The van der Waals surface area contributed by atoms with E-state index >= 15 is 0 Å². The van der Waals surface area contributed by atoms with Gasteiger partial charge in [-0.2, -0.15) is 0 Å². The molecule has 0 aliphatic rings. The number of aromatic nitrogens is 2. The third kappa shape index (κ3) is 4.67. The highest BCUT2D eigenvalue weighted by Gasteiger charge is 2.26. The smallest absolute Gasteiger partial charge is 0.290 e. The van der Waals surface area contributed by atoms with Crippen LogP contribution in [0.1, 0.15) is 74.5 Å². The molecule has 6 heteroatoms. The van der Waals surface area contributed by atoms with Gasteiger partial charge in [-0.3, -0.25) is 14.0 Å². The lowest BCUT2D eigenvalue weighted by molar-refractivity contribution is 0.0741. The summed E-state index contributed by atoms with van der Waals surface area (Å²) in [5, 5.41) is 0. The van der Waals surface area contributed by atoms with E-state index < -0.39 is 0 Å². The van der Waals surface area contributed by atoms with E-state index in [1.54, 1.807) is 4.40 Å². The average molecular weight is 373 g/mol. The molecule has 0 spiro atoms. The molecule has 2 aromatic rings. The van der Waals surface area contributed by atoms with Crippen molar-refractivity contribution in [3.63, 3.8) is 0 Å². The second-order valence-electron chi connectivity index (χ2n) is 6.82. The molecule has 0 radical (unpaired) electrons. The highest BCUT2D eigenvalue weighted by atomic mass is 16.2. The van der Waals surface area contributed by atoms with E-state index in [0.717, 1.165) is 25.7 Å². The van der Waals surface area contributed by atoms with E-state index in [2.05, 4.69) is 32.7 Å². The highest BCUT2D eigenvalue weighted by Crippen LogP contribution is 2.18. The van der Waals surface area contributed by atoms with Crippen LogP contribution in [0.15, 0.2) is 24.4 Å². The Bertz CT molecular complexity index is 695. The van der Waals surface area contributed by atoms with Gasteiger partial charge in [-0.05, 0) is 37.8 Å². The van der Waals surface area contributed by atoms with Gasteiger partial charge in [-0.25, -0.2) is 4.98 Å². The Kier molecular flexibility index (Phi) is 7.82. The largest absolute Gasteiger partial charge is 0.337 e. The minimum Gasteiger partial charge on any atom is -0.337 e. The van der Waals surface area contributed by atoms with Crippen LogP contribution in [0.5, 0.6) is 0 Å². The van der Waals surface area contributed by atoms with Crippen molar-refractivity contribution in [2.75, 3.05) is 26.2 Å². The van der Waals surface area contributed by atoms with Gasteiger partial charge in [0.05, 0.1) is 5.52 Å². The third-order valence-electron chi connectivity index (χ3n) is 4.49. The summed E-state index contributed by atoms with van der Waals surface area (Å²) in [5.74, 6) is 0.110. The first-order valence-corrected chi connectivity index (χ1v) is 10.1. The van der Waals surface area contributed by atoms with Gasteiger partial charge in [0.25, 0.3) is 11.8 Å². The van der Waals surface area contributed by atoms with Crippen LogP contribution >= 0.6 is 0 Å². The van der Waals surface area contributed by atoms with Crippen LogP contribution in [-0.4, -0.2) is 57.2 Å². The SMILES string of the molecule is CCCN(CCC)C(=O)c1nc(C(=O)N(CCC)CCC)n2ccccc12. The molecule has 0 unspecified atom stereocenters. The van der Waals surface area contributed by atoms with Crippen LogP contribution in [-0.2, 0) is 0 Å². The van der Waals surface area contributed by atoms with Crippen molar-refractivity contribution in [3.05, 3.63) is 35.9 Å². The maximum absolute atomic E-state index is 13.1. The number of rotatable bonds is 10. The molecular formula is C21H32N4O2. The second kappa shape index (κ2) is 10.1. The maximum Gasteiger partial charge on any atom is 0.290 e. The molecule has 0 saturated carbocycles. The number of carbonyl (C=O) groups excluding carboxylic acids is 2. The first-order chi connectivity index (χ1) is 13.1. The molecule has 0 fully saturated rings. The van der Waals surface area contributed by atoms with E-state index in [1.165, 1.54) is 0 Å². The number of imidazole rings is 1. The van der Waals surface area contributed by atoms with Crippen molar-refractivity contribution < 1.29 is 9.59 Å². The van der Waals surface area contributed by atoms with E-state index in [1.807, 2.05) is 34.2 Å². The van der Waals surface area contributed by atoms with Gasteiger partial charge in [0.15, 0.2) is 5.69 Å². The quantitative estimate of drug-likeness (QED) is 0.636. The van der Waals surface area contributed by atoms with Crippen molar-refractivity contribution in [2.45, 2.75) is 53.4 Å². The molecule has 0 aromatic carbocycles. The first-order valence-electron chi connectivity index (χ1n) is 10.1. The van der Waals surface area contributed by atoms with Crippen LogP contribution in [0, 0.1) is 0 Å². The molecule has 2 heterocycles. The van der Waals surface area contributed by atoms with Crippen LogP contribution in [0.2, 0.25) is 0 Å². The van der Waals surface area contributed by atoms with Crippen LogP contribution < -0.4 is 0 Å². The van der Waals surface area contributed by atoms with Crippen LogP contribution in [0.3, 0.4) is 0 Å². The molecule has 148 valence electrons. The lowest BCUT2D eigenvalue weighted by Gasteiger charge is -2.20. The number of pyridine rings is 1. The summed E-state index contributed by atoms with van der Waals surface area (Å²) in [7, 11) is 0. The molecule has 2 amide bonds. The Labute approximate surface area is 162 Å². The molecule has 2 rings (SSSR count). The number of carbonyl (C=O) groups is 2. The molecule has 27 heavy (non-hydrogen) atoms. The Hall–Kier alpha value is -2.37.